The Morgan fingerprint density at radius 1 is 1.63 bits per heavy atom. The van der Waals surface area contributed by atoms with Crippen LogP contribution < -0.4 is 5.32 Å². The van der Waals surface area contributed by atoms with E-state index in [0.717, 1.165) is 0 Å². The molecule has 98 valence electrons. The zero-order chi connectivity index (χ0) is 14.0. The summed E-state index contributed by atoms with van der Waals surface area (Å²) in [5.41, 5.74) is 0.742. The van der Waals surface area contributed by atoms with Crippen LogP contribution in [-0.4, -0.2) is 22.0 Å². The number of Topliss-reactive ketones (excluding diaryl/α,β-unsaturated/α-hetero) is 1. The monoisotopic (exact) mass is 276 g/mol. The van der Waals surface area contributed by atoms with Crippen molar-refractivity contribution in [3.05, 3.63) is 17.7 Å². The van der Waals surface area contributed by atoms with Gasteiger partial charge in [0.05, 0.1) is 17.3 Å². The van der Waals surface area contributed by atoms with Gasteiger partial charge < -0.3 is 10.4 Å². The molecule has 0 aromatic heterocycles. The van der Waals surface area contributed by atoms with E-state index in [4.69, 9.17) is 5.26 Å². The molecule has 5 nitrogen and oxygen atoms in total. The number of benzene rings is 1. The van der Waals surface area contributed by atoms with E-state index >= 15 is 0 Å². The fraction of sp³-hybridized carbons (Fsp3) is 0.308. The molecule has 0 aliphatic carbocycles. The van der Waals surface area contributed by atoms with Crippen molar-refractivity contribution in [1.29, 1.82) is 5.26 Å². The molecule has 0 spiro atoms. The number of hydrogen-bond donors (Lipinski definition) is 2. The van der Waals surface area contributed by atoms with E-state index in [-0.39, 0.29) is 41.1 Å². The van der Waals surface area contributed by atoms with Gasteiger partial charge in [0.1, 0.15) is 5.75 Å². The maximum atomic E-state index is 12.0. The van der Waals surface area contributed by atoms with E-state index in [1.807, 2.05) is 6.07 Å². The predicted octanol–water partition coefficient (Wildman–Crippen LogP) is 2.31. The van der Waals surface area contributed by atoms with Crippen LogP contribution in [0.4, 0.5) is 5.69 Å². The van der Waals surface area contributed by atoms with Crippen LogP contribution in [0.1, 0.15) is 30.1 Å². The van der Waals surface area contributed by atoms with E-state index in [2.05, 4.69) is 5.32 Å². The van der Waals surface area contributed by atoms with Crippen molar-refractivity contribution in [2.75, 3.05) is 5.32 Å². The van der Waals surface area contributed by atoms with Gasteiger partial charge in [-0.25, -0.2) is 0 Å². The molecule has 0 bridgehead atoms. The summed E-state index contributed by atoms with van der Waals surface area (Å²) in [5.74, 6) is -0.529. The zero-order valence-electron chi connectivity index (χ0n) is 10.3. The molecule has 1 aromatic rings. The third kappa shape index (κ3) is 2.71. The number of anilines is 1. The molecule has 2 N–H and O–H groups in total. The number of carbonyl (C=O) groups is 2. The van der Waals surface area contributed by atoms with Gasteiger partial charge in [-0.15, -0.1) is 11.8 Å². The summed E-state index contributed by atoms with van der Waals surface area (Å²) in [7, 11) is 0. The van der Waals surface area contributed by atoms with Crippen molar-refractivity contribution in [2.45, 2.75) is 29.9 Å². The second-order valence-corrected chi connectivity index (χ2v) is 5.56. The van der Waals surface area contributed by atoms with Gasteiger partial charge in [-0.3, -0.25) is 9.59 Å². The molecule has 1 aliphatic heterocycles. The van der Waals surface area contributed by atoms with E-state index in [9.17, 15) is 14.7 Å². The van der Waals surface area contributed by atoms with E-state index in [1.54, 1.807) is 6.07 Å². The molecule has 6 heteroatoms. The highest BCUT2D eigenvalue weighted by Gasteiger charge is 2.30. The molecule has 1 amide bonds. The molecule has 1 atom stereocenters. The Morgan fingerprint density at radius 3 is 3.00 bits per heavy atom. The second kappa shape index (κ2) is 5.33. The fourth-order valence-electron chi connectivity index (χ4n) is 1.99. The molecule has 0 saturated heterocycles. The Morgan fingerprint density at radius 2 is 2.37 bits per heavy atom. The standard InChI is InChI=1S/C13H12N2O3S/c1-7(16)15-9-2-3-10(17)12-11(18)6-8(4-5-14)19-13(9)12/h2-3,8,17H,4,6H2,1H3,(H,15,16). The van der Waals surface area contributed by atoms with Gasteiger partial charge in [0.2, 0.25) is 5.91 Å². The Kier molecular flexibility index (Phi) is 3.76. The normalized spacial score (nSPS) is 17.5. The molecule has 0 fully saturated rings. The highest BCUT2D eigenvalue weighted by molar-refractivity contribution is 8.00. The van der Waals surface area contributed by atoms with Crippen LogP contribution in [0.2, 0.25) is 0 Å². The smallest absolute Gasteiger partial charge is 0.221 e. The number of phenols is 1. The number of hydrogen-bond acceptors (Lipinski definition) is 5. The first-order valence-electron chi connectivity index (χ1n) is 5.73. The highest BCUT2D eigenvalue weighted by atomic mass is 32.2. The Bertz CT molecular complexity index is 592. The summed E-state index contributed by atoms with van der Waals surface area (Å²) in [6, 6.07) is 5.00. The van der Waals surface area contributed by atoms with Crippen LogP contribution in [0.3, 0.4) is 0 Å². The Balaban J connectivity index is 2.47. The summed E-state index contributed by atoms with van der Waals surface area (Å²) in [5, 5.41) is 21.0. The maximum absolute atomic E-state index is 12.0. The Hall–Kier alpha value is -2.00. The van der Waals surface area contributed by atoms with E-state index in [0.29, 0.717) is 10.6 Å². The molecule has 0 saturated carbocycles. The van der Waals surface area contributed by atoms with Gasteiger partial charge in [0.25, 0.3) is 0 Å². The lowest BCUT2D eigenvalue weighted by atomic mass is 10.0. The lowest BCUT2D eigenvalue weighted by molar-refractivity contribution is -0.114. The molecule has 0 radical (unpaired) electrons. The molecule has 1 aromatic carbocycles. The summed E-state index contributed by atoms with van der Waals surface area (Å²) in [4.78, 5) is 23.7. The number of ketones is 1. The summed E-state index contributed by atoms with van der Waals surface area (Å²) >= 11 is 1.35. The first kappa shape index (κ1) is 13.4. The molecule has 19 heavy (non-hydrogen) atoms. The van der Waals surface area contributed by atoms with E-state index in [1.165, 1.54) is 24.8 Å². The lowest BCUT2D eigenvalue weighted by Gasteiger charge is -2.24. The van der Waals surface area contributed by atoms with Crippen molar-refractivity contribution in [2.24, 2.45) is 0 Å². The van der Waals surface area contributed by atoms with Gasteiger partial charge in [0.15, 0.2) is 5.78 Å². The number of thioether (sulfide) groups is 1. The number of nitriles is 1. The Labute approximate surface area is 114 Å². The van der Waals surface area contributed by atoms with Crippen molar-refractivity contribution in [3.63, 3.8) is 0 Å². The van der Waals surface area contributed by atoms with Crippen LogP contribution in [0.5, 0.6) is 5.75 Å². The van der Waals surface area contributed by atoms with Gasteiger partial charge in [-0.05, 0) is 12.1 Å². The largest absolute Gasteiger partial charge is 0.507 e. The minimum Gasteiger partial charge on any atom is -0.507 e. The third-order valence-corrected chi connectivity index (χ3v) is 4.07. The summed E-state index contributed by atoms with van der Waals surface area (Å²) < 4.78 is 0. The first-order chi connectivity index (χ1) is 9.02. The molecule has 1 heterocycles. The van der Waals surface area contributed by atoms with Gasteiger partial charge >= 0.3 is 0 Å². The second-order valence-electron chi connectivity index (χ2n) is 4.25. The van der Waals surface area contributed by atoms with Crippen LogP contribution in [0, 0.1) is 11.3 Å². The topological polar surface area (TPSA) is 90.2 Å². The van der Waals surface area contributed by atoms with Crippen LogP contribution in [-0.2, 0) is 4.79 Å². The minimum atomic E-state index is -0.247. The van der Waals surface area contributed by atoms with E-state index < -0.39 is 0 Å². The fourth-order valence-corrected chi connectivity index (χ4v) is 3.29. The number of nitrogens with zero attached hydrogens (tertiary/aromatic N) is 1. The molecular weight excluding hydrogens is 264 g/mol. The highest BCUT2D eigenvalue weighted by Crippen LogP contribution is 2.44. The van der Waals surface area contributed by atoms with Crippen LogP contribution in [0.25, 0.3) is 0 Å². The molecule has 2 rings (SSSR count). The number of carbonyl (C=O) groups excluding carboxylic acids is 2. The summed E-state index contributed by atoms with van der Waals surface area (Å²) in [6.45, 7) is 1.38. The van der Waals surface area contributed by atoms with Crippen molar-refractivity contribution in [1.82, 2.24) is 0 Å². The van der Waals surface area contributed by atoms with Crippen molar-refractivity contribution < 1.29 is 14.7 Å². The zero-order valence-corrected chi connectivity index (χ0v) is 11.1. The van der Waals surface area contributed by atoms with Crippen molar-refractivity contribution in [3.8, 4) is 11.8 Å². The third-order valence-electron chi connectivity index (χ3n) is 2.74. The number of phenolic OH excluding ortho intramolecular Hbond substituents is 1. The predicted molar refractivity (Wildman–Crippen MR) is 71.2 cm³/mol. The number of aromatic hydroxyl groups is 1. The average molecular weight is 276 g/mol. The number of fused-ring (bicyclic) bond motifs is 1. The first-order valence-corrected chi connectivity index (χ1v) is 6.61. The number of rotatable bonds is 2. The number of amides is 1. The van der Waals surface area contributed by atoms with Crippen molar-refractivity contribution >= 4 is 29.1 Å². The summed E-state index contributed by atoms with van der Waals surface area (Å²) in [6.07, 6.45) is 0.479. The quantitative estimate of drug-likeness (QED) is 0.809. The van der Waals surface area contributed by atoms with Crippen LogP contribution >= 0.6 is 11.8 Å². The van der Waals surface area contributed by atoms with Gasteiger partial charge in [-0.1, -0.05) is 0 Å². The van der Waals surface area contributed by atoms with Crippen LogP contribution in [0.15, 0.2) is 17.0 Å². The maximum Gasteiger partial charge on any atom is 0.221 e. The van der Waals surface area contributed by atoms with Gasteiger partial charge in [-0.2, -0.15) is 5.26 Å². The average Bonchev–Trinajstić information content (AvgIpc) is 2.32. The lowest BCUT2D eigenvalue weighted by Crippen LogP contribution is -2.19. The minimum absolute atomic E-state index is 0.0861. The SMILES string of the molecule is CC(=O)Nc1ccc(O)c2c1SC(CC#N)CC2=O. The number of nitrogens with one attached hydrogen (secondary N) is 1. The molecular formula is C13H12N2O3S. The van der Waals surface area contributed by atoms with Gasteiger partial charge in [0, 0.05) is 29.9 Å². The molecule has 1 aliphatic rings. The molecule has 1 unspecified atom stereocenters.